The van der Waals surface area contributed by atoms with E-state index in [0.717, 1.165) is 17.8 Å². The predicted molar refractivity (Wildman–Crippen MR) is 111 cm³/mol. The van der Waals surface area contributed by atoms with Crippen LogP contribution >= 0.6 is 0 Å². The predicted octanol–water partition coefficient (Wildman–Crippen LogP) is 8.93. The molecule has 1 fully saturated rings. The summed E-state index contributed by atoms with van der Waals surface area (Å²) in [6.45, 7) is 7.15. The summed E-state index contributed by atoms with van der Waals surface area (Å²) < 4.78 is 0. The molecular weight excluding hydrogens is 288 g/mol. The van der Waals surface area contributed by atoms with E-state index in [0.29, 0.717) is 0 Å². The van der Waals surface area contributed by atoms with Crippen molar-refractivity contribution >= 4 is 0 Å². The van der Waals surface area contributed by atoms with Crippen LogP contribution in [-0.4, -0.2) is 0 Å². The third-order valence-corrected chi connectivity index (χ3v) is 6.72. The molecule has 0 bridgehead atoms. The normalized spacial score (nSPS) is 20.1. The molecule has 1 aliphatic carbocycles. The SMILES string of the molecule is CCCCCCCCC(CCC(C)CC)C1CCCCCCCC1. The first kappa shape index (κ1) is 22.0. The molecule has 0 saturated heterocycles. The molecule has 0 heterocycles. The van der Waals surface area contributed by atoms with Gasteiger partial charge in [0.15, 0.2) is 0 Å². The first-order valence-electron chi connectivity index (χ1n) is 11.8. The van der Waals surface area contributed by atoms with E-state index in [1.165, 1.54) is 103 Å². The van der Waals surface area contributed by atoms with E-state index in [-0.39, 0.29) is 0 Å². The molecule has 0 heteroatoms. The van der Waals surface area contributed by atoms with Crippen LogP contribution in [0.15, 0.2) is 0 Å². The fraction of sp³-hybridized carbons (Fsp3) is 1.00. The van der Waals surface area contributed by atoms with Crippen molar-refractivity contribution in [2.45, 2.75) is 136 Å². The molecular formula is C24H48. The maximum absolute atomic E-state index is 2.46. The summed E-state index contributed by atoms with van der Waals surface area (Å²) in [4.78, 5) is 0. The van der Waals surface area contributed by atoms with Gasteiger partial charge in [-0.15, -0.1) is 0 Å². The molecule has 1 saturated carbocycles. The standard InChI is InChI=1S/C24H48/c1-4-6-7-8-11-16-19-24(21-20-22(3)5-2)23-17-14-12-9-10-13-15-18-23/h22-24H,4-21H2,1-3H3. The van der Waals surface area contributed by atoms with Gasteiger partial charge in [0.25, 0.3) is 0 Å². The second-order valence-electron chi connectivity index (χ2n) is 8.87. The van der Waals surface area contributed by atoms with Gasteiger partial charge in [0, 0.05) is 0 Å². The van der Waals surface area contributed by atoms with Crippen LogP contribution in [0.5, 0.6) is 0 Å². The second kappa shape index (κ2) is 15.3. The summed E-state index contributed by atoms with van der Waals surface area (Å²) in [5, 5.41) is 0. The molecule has 0 N–H and O–H groups in total. The zero-order valence-electron chi connectivity index (χ0n) is 17.5. The Balaban J connectivity index is 2.41. The van der Waals surface area contributed by atoms with E-state index in [4.69, 9.17) is 0 Å². The molecule has 0 aromatic rings. The van der Waals surface area contributed by atoms with Gasteiger partial charge in [0.05, 0.1) is 0 Å². The van der Waals surface area contributed by atoms with E-state index < -0.39 is 0 Å². The monoisotopic (exact) mass is 336 g/mol. The highest BCUT2D eigenvalue weighted by Gasteiger charge is 2.21. The number of rotatable bonds is 12. The minimum absolute atomic E-state index is 0.938. The van der Waals surface area contributed by atoms with Crippen LogP contribution in [-0.2, 0) is 0 Å². The number of hydrogen-bond acceptors (Lipinski definition) is 0. The van der Waals surface area contributed by atoms with Gasteiger partial charge in [-0.25, -0.2) is 0 Å². The summed E-state index contributed by atoms with van der Waals surface area (Å²) in [5.41, 5.74) is 0. The quantitative estimate of drug-likeness (QED) is 0.312. The van der Waals surface area contributed by atoms with Gasteiger partial charge in [0.1, 0.15) is 0 Å². The third kappa shape index (κ3) is 10.8. The lowest BCUT2D eigenvalue weighted by Gasteiger charge is -2.28. The van der Waals surface area contributed by atoms with Crippen molar-refractivity contribution in [2.24, 2.45) is 17.8 Å². The van der Waals surface area contributed by atoms with Crippen LogP contribution in [0.25, 0.3) is 0 Å². The van der Waals surface area contributed by atoms with Crippen molar-refractivity contribution in [3.63, 3.8) is 0 Å². The Morgan fingerprint density at radius 3 is 1.88 bits per heavy atom. The lowest BCUT2D eigenvalue weighted by Crippen LogP contribution is -2.16. The fourth-order valence-corrected chi connectivity index (χ4v) is 4.64. The van der Waals surface area contributed by atoms with Gasteiger partial charge >= 0.3 is 0 Å². The van der Waals surface area contributed by atoms with E-state index in [2.05, 4.69) is 20.8 Å². The molecule has 1 rings (SSSR count). The van der Waals surface area contributed by atoms with E-state index >= 15 is 0 Å². The van der Waals surface area contributed by atoms with Crippen LogP contribution in [0.1, 0.15) is 136 Å². The summed E-state index contributed by atoms with van der Waals surface area (Å²) >= 11 is 0. The zero-order valence-corrected chi connectivity index (χ0v) is 17.5. The number of unbranched alkanes of at least 4 members (excludes halogenated alkanes) is 5. The summed E-state index contributed by atoms with van der Waals surface area (Å²) in [6.07, 6.45) is 26.8. The smallest absolute Gasteiger partial charge is 0.0386 e. The van der Waals surface area contributed by atoms with Crippen LogP contribution in [0.2, 0.25) is 0 Å². The van der Waals surface area contributed by atoms with Crippen molar-refractivity contribution < 1.29 is 0 Å². The Labute approximate surface area is 154 Å². The van der Waals surface area contributed by atoms with Gasteiger partial charge in [-0.2, -0.15) is 0 Å². The van der Waals surface area contributed by atoms with E-state index in [1.54, 1.807) is 12.8 Å². The zero-order chi connectivity index (χ0) is 17.5. The molecule has 0 aromatic carbocycles. The summed E-state index contributed by atoms with van der Waals surface area (Å²) in [6, 6.07) is 0. The van der Waals surface area contributed by atoms with Crippen LogP contribution in [0.4, 0.5) is 0 Å². The molecule has 0 spiro atoms. The van der Waals surface area contributed by atoms with Crippen molar-refractivity contribution in [3.8, 4) is 0 Å². The average Bonchev–Trinajstić information content (AvgIpc) is 2.74. The number of hydrogen-bond donors (Lipinski definition) is 0. The van der Waals surface area contributed by atoms with Crippen LogP contribution in [0.3, 0.4) is 0 Å². The fourth-order valence-electron chi connectivity index (χ4n) is 4.64. The van der Waals surface area contributed by atoms with Crippen molar-refractivity contribution in [1.29, 1.82) is 0 Å². The topological polar surface area (TPSA) is 0 Å². The molecule has 24 heavy (non-hydrogen) atoms. The maximum Gasteiger partial charge on any atom is -0.0386 e. The van der Waals surface area contributed by atoms with Gasteiger partial charge in [-0.05, 0) is 24.2 Å². The Morgan fingerprint density at radius 1 is 0.667 bits per heavy atom. The molecule has 0 amide bonds. The van der Waals surface area contributed by atoms with Gasteiger partial charge in [0.2, 0.25) is 0 Å². The lowest BCUT2D eigenvalue weighted by molar-refractivity contribution is 0.233. The van der Waals surface area contributed by atoms with E-state index in [9.17, 15) is 0 Å². The van der Waals surface area contributed by atoms with Crippen molar-refractivity contribution in [1.82, 2.24) is 0 Å². The summed E-state index contributed by atoms with van der Waals surface area (Å²) in [5.74, 6) is 3.04. The van der Waals surface area contributed by atoms with Gasteiger partial charge < -0.3 is 0 Å². The highest BCUT2D eigenvalue weighted by molar-refractivity contribution is 4.73. The average molecular weight is 337 g/mol. The highest BCUT2D eigenvalue weighted by atomic mass is 14.3. The first-order valence-corrected chi connectivity index (χ1v) is 11.8. The Hall–Kier alpha value is 0. The summed E-state index contributed by atoms with van der Waals surface area (Å²) in [7, 11) is 0. The van der Waals surface area contributed by atoms with Crippen molar-refractivity contribution in [3.05, 3.63) is 0 Å². The Morgan fingerprint density at radius 2 is 1.25 bits per heavy atom. The minimum Gasteiger partial charge on any atom is -0.0654 e. The van der Waals surface area contributed by atoms with Crippen LogP contribution in [0, 0.1) is 17.8 Å². The van der Waals surface area contributed by atoms with Gasteiger partial charge in [-0.3, -0.25) is 0 Å². The Kier molecular flexibility index (Phi) is 14.0. The van der Waals surface area contributed by atoms with E-state index in [1.807, 2.05) is 0 Å². The molecule has 2 atom stereocenters. The largest absolute Gasteiger partial charge is 0.0654 e. The molecule has 0 aliphatic heterocycles. The van der Waals surface area contributed by atoms with Crippen LogP contribution < -0.4 is 0 Å². The molecule has 0 nitrogen and oxygen atoms in total. The second-order valence-corrected chi connectivity index (χ2v) is 8.87. The third-order valence-electron chi connectivity index (χ3n) is 6.72. The van der Waals surface area contributed by atoms with Gasteiger partial charge in [-0.1, -0.05) is 130 Å². The molecule has 0 radical (unpaired) electrons. The maximum atomic E-state index is 2.46. The molecule has 144 valence electrons. The molecule has 2 unspecified atom stereocenters. The first-order chi connectivity index (χ1) is 11.8. The molecule has 1 aliphatic rings. The lowest BCUT2D eigenvalue weighted by atomic mass is 9.77. The van der Waals surface area contributed by atoms with Crippen molar-refractivity contribution in [2.75, 3.05) is 0 Å². The highest BCUT2D eigenvalue weighted by Crippen LogP contribution is 2.34. The molecule has 0 aromatic heterocycles. The minimum atomic E-state index is 0.938. The Bertz CT molecular complexity index is 247.